The summed E-state index contributed by atoms with van der Waals surface area (Å²) in [6, 6.07) is 10.6. The van der Waals surface area contributed by atoms with E-state index in [-0.39, 0.29) is 0 Å². The van der Waals surface area contributed by atoms with Crippen LogP contribution in [0.5, 0.6) is 0 Å². The van der Waals surface area contributed by atoms with Crippen LogP contribution in [0.3, 0.4) is 0 Å². The van der Waals surface area contributed by atoms with Crippen LogP contribution in [-0.4, -0.2) is 9.55 Å². The molecule has 1 aromatic heterocycles. The maximum Gasteiger partial charge on any atom is 0.126 e. The molecular formula is C16H21N3. The largest absolute Gasteiger partial charge is 0.384 e. The fraction of sp³-hybridized carbons (Fsp3) is 0.438. The van der Waals surface area contributed by atoms with Crippen molar-refractivity contribution in [2.45, 2.75) is 45.1 Å². The zero-order valence-electron chi connectivity index (χ0n) is 11.5. The number of nitrogens with zero attached hydrogens (tertiary/aromatic N) is 2. The van der Waals surface area contributed by atoms with Crippen molar-refractivity contribution in [2.24, 2.45) is 0 Å². The Morgan fingerprint density at radius 3 is 2.79 bits per heavy atom. The summed E-state index contributed by atoms with van der Waals surface area (Å²) in [6.45, 7) is 3.28. The average molecular weight is 255 g/mol. The number of aromatic nitrogens is 2. The average Bonchev–Trinajstić information content (AvgIpc) is 2.77. The number of nitrogen functional groups attached to an aromatic ring is 1. The Hall–Kier alpha value is -1.77. The van der Waals surface area contributed by atoms with Gasteiger partial charge >= 0.3 is 0 Å². The normalized spacial score (nSPS) is 16.1. The van der Waals surface area contributed by atoms with Crippen LogP contribution in [0.2, 0.25) is 0 Å². The minimum Gasteiger partial charge on any atom is -0.384 e. The van der Waals surface area contributed by atoms with Gasteiger partial charge in [-0.25, -0.2) is 4.98 Å². The van der Waals surface area contributed by atoms with E-state index in [1.165, 1.54) is 24.2 Å². The summed E-state index contributed by atoms with van der Waals surface area (Å²) in [4.78, 5) is 4.75. The minimum atomic E-state index is 0.459. The molecule has 1 unspecified atom stereocenters. The second-order valence-electron chi connectivity index (χ2n) is 5.48. The predicted molar refractivity (Wildman–Crippen MR) is 78.1 cm³/mol. The standard InChI is InChI=1S/C16H21N3/c1-12(13-7-3-2-4-8-13)11-14-16(17)19-10-6-5-9-15(19)18-14/h2-4,7-8,12H,5-6,9-11,17H2,1H3. The van der Waals surface area contributed by atoms with Crippen LogP contribution in [0, 0.1) is 0 Å². The highest BCUT2D eigenvalue weighted by atomic mass is 15.1. The van der Waals surface area contributed by atoms with E-state index in [2.05, 4.69) is 41.8 Å². The lowest BCUT2D eigenvalue weighted by Gasteiger charge is -2.14. The number of hydrogen-bond donors (Lipinski definition) is 1. The first kappa shape index (κ1) is 12.3. The number of hydrogen-bond acceptors (Lipinski definition) is 2. The first-order valence-electron chi connectivity index (χ1n) is 7.14. The van der Waals surface area contributed by atoms with Crippen molar-refractivity contribution >= 4 is 5.82 Å². The van der Waals surface area contributed by atoms with E-state index in [0.29, 0.717) is 5.92 Å². The topological polar surface area (TPSA) is 43.8 Å². The molecule has 0 aliphatic carbocycles. The molecule has 2 aromatic rings. The highest BCUT2D eigenvalue weighted by Crippen LogP contribution is 2.26. The van der Waals surface area contributed by atoms with Crippen molar-refractivity contribution in [3.05, 3.63) is 47.4 Å². The lowest BCUT2D eigenvalue weighted by atomic mass is 9.96. The number of fused-ring (bicyclic) bond motifs is 1. The van der Waals surface area contributed by atoms with Crippen LogP contribution in [-0.2, 0) is 19.4 Å². The Labute approximate surface area is 114 Å². The first-order valence-corrected chi connectivity index (χ1v) is 7.14. The molecule has 100 valence electrons. The lowest BCUT2D eigenvalue weighted by Crippen LogP contribution is -2.12. The van der Waals surface area contributed by atoms with Crippen molar-refractivity contribution in [2.75, 3.05) is 5.73 Å². The number of imidazole rings is 1. The van der Waals surface area contributed by atoms with Gasteiger partial charge in [-0.2, -0.15) is 0 Å². The molecule has 0 saturated heterocycles. The fourth-order valence-electron chi connectivity index (χ4n) is 2.90. The molecule has 0 saturated carbocycles. The smallest absolute Gasteiger partial charge is 0.126 e. The van der Waals surface area contributed by atoms with Gasteiger partial charge in [0.1, 0.15) is 11.6 Å². The number of benzene rings is 1. The van der Waals surface area contributed by atoms with E-state index in [0.717, 1.165) is 30.9 Å². The molecule has 2 heterocycles. The van der Waals surface area contributed by atoms with Gasteiger partial charge in [-0.15, -0.1) is 0 Å². The van der Waals surface area contributed by atoms with E-state index >= 15 is 0 Å². The summed E-state index contributed by atoms with van der Waals surface area (Å²) in [7, 11) is 0. The number of aryl methyl sites for hydroxylation is 1. The van der Waals surface area contributed by atoms with Gasteiger partial charge in [0.15, 0.2) is 0 Å². The molecule has 19 heavy (non-hydrogen) atoms. The Balaban J connectivity index is 1.82. The van der Waals surface area contributed by atoms with Crippen LogP contribution >= 0.6 is 0 Å². The highest BCUT2D eigenvalue weighted by molar-refractivity contribution is 5.40. The van der Waals surface area contributed by atoms with E-state index in [1.54, 1.807) is 0 Å². The molecule has 0 bridgehead atoms. The van der Waals surface area contributed by atoms with Crippen molar-refractivity contribution in [3.63, 3.8) is 0 Å². The van der Waals surface area contributed by atoms with Crippen molar-refractivity contribution in [1.29, 1.82) is 0 Å². The maximum atomic E-state index is 6.25. The first-order chi connectivity index (χ1) is 9.25. The van der Waals surface area contributed by atoms with E-state index in [4.69, 9.17) is 10.7 Å². The predicted octanol–water partition coefficient (Wildman–Crippen LogP) is 3.15. The molecule has 3 rings (SSSR count). The van der Waals surface area contributed by atoms with Gasteiger partial charge < -0.3 is 10.3 Å². The second kappa shape index (κ2) is 5.08. The molecule has 2 N–H and O–H groups in total. The van der Waals surface area contributed by atoms with Crippen molar-refractivity contribution < 1.29 is 0 Å². The summed E-state index contributed by atoms with van der Waals surface area (Å²) in [5.41, 5.74) is 8.68. The zero-order valence-corrected chi connectivity index (χ0v) is 11.5. The van der Waals surface area contributed by atoms with Crippen LogP contribution in [0.25, 0.3) is 0 Å². The van der Waals surface area contributed by atoms with Crippen LogP contribution in [0.1, 0.15) is 42.8 Å². The Bertz CT molecular complexity index is 557. The fourth-order valence-corrected chi connectivity index (χ4v) is 2.90. The molecule has 0 spiro atoms. The SMILES string of the molecule is CC(Cc1nc2n(c1N)CCCC2)c1ccccc1. The molecule has 1 aliphatic rings. The third kappa shape index (κ3) is 2.37. The van der Waals surface area contributed by atoms with Gasteiger partial charge in [-0.1, -0.05) is 37.3 Å². The monoisotopic (exact) mass is 255 g/mol. The van der Waals surface area contributed by atoms with Gasteiger partial charge in [-0.3, -0.25) is 0 Å². The molecular weight excluding hydrogens is 234 g/mol. The van der Waals surface area contributed by atoms with Gasteiger partial charge in [0, 0.05) is 13.0 Å². The summed E-state index contributed by atoms with van der Waals surface area (Å²) in [5, 5.41) is 0. The molecule has 3 heteroatoms. The molecule has 1 aliphatic heterocycles. The van der Waals surface area contributed by atoms with Gasteiger partial charge in [0.05, 0.1) is 5.69 Å². The van der Waals surface area contributed by atoms with Gasteiger partial charge in [-0.05, 0) is 30.7 Å². The lowest BCUT2D eigenvalue weighted by molar-refractivity contribution is 0.527. The molecule has 1 aromatic carbocycles. The highest BCUT2D eigenvalue weighted by Gasteiger charge is 2.19. The Kier molecular flexibility index (Phi) is 3.28. The number of rotatable bonds is 3. The summed E-state index contributed by atoms with van der Waals surface area (Å²) in [5.74, 6) is 2.52. The third-order valence-corrected chi connectivity index (χ3v) is 4.06. The second-order valence-corrected chi connectivity index (χ2v) is 5.48. The van der Waals surface area contributed by atoms with Crippen molar-refractivity contribution in [1.82, 2.24) is 9.55 Å². The summed E-state index contributed by atoms with van der Waals surface area (Å²) in [6.07, 6.45) is 4.46. The van der Waals surface area contributed by atoms with Crippen LogP contribution in [0.15, 0.2) is 30.3 Å². The molecule has 0 radical (unpaired) electrons. The molecule has 0 fully saturated rings. The number of anilines is 1. The Morgan fingerprint density at radius 2 is 2.05 bits per heavy atom. The molecule has 3 nitrogen and oxygen atoms in total. The Morgan fingerprint density at radius 1 is 1.26 bits per heavy atom. The van der Waals surface area contributed by atoms with Gasteiger partial charge in [0.2, 0.25) is 0 Å². The van der Waals surface area contributed by atoms with Gasteiger partial charge in [0.25, 0.3) is 0 Å². The zero-order chi connectivity index (χ0) is 13.2. The summed E-state index contributed by atoms with van der Waals surface area (Å²) >= 11 is 0. The number of nitrogens with two attached hydrogens (primary N) is 1. The van der Waals surface area contributed by atoms with Crippen molar-refractivity contribution in [3.8, 4) is 0 Å². The quantitative estimate of drug-likeness (QED) is 0.915. The van der Waals surface area contributed by atoms with Crippen LogP contribution < -0.4 is 5.73 Å². The van der Waals surface area contributed by atoms with E-state index < -0.39 is 0 Å². The van der Waals surface area contributed by atoms with Crippen LogP contribution in [0.4, 0.5) is 5.82 Å². The molecule has 1 atom stereocenters. The maximum absolute atomic E-state index is 6.25. The van der Waals surface area contributed by atoms with E-state index in [9.17, 15) is 0 Å². The molecule has 0 amide bonds. The third-order valence-electron chi connectivity index (χ3n) is 4.06. The van der Waals surface area contributed by atoms with E-state index in [1.807, 2.05) is 0 Å². The minimum absolute atomic E-state index is 0.459. The summed E-state index contributed by atoms with van der Waals surface area (Å²) < 4.78 is 2.20.